The molecule has 2 heterocycles. The van der Waals surface area contributed by atoms with Gasteiger partial charge in [0.15, 0.2) is 5.78 Å². The fourth-order valence-corrected chi connectivity index (χ4v) is 5.55. The van der Waals surface area contributed by atoms with Crippen LogP contribution >= 0.6 is 0 Å². The minimum atomic E-state index is -0.734. The molecule has 0 bridgehead atoms. The van der Waals surface area contributed by atoms with Gasteiger partial charge in [-0.05, 0) is 54.8 Å². The summed E-state index contributed by atoms with van der Waals surface area (Å²) in [6.45, 7) is 6.20. The molecule has 0 saturated carbocycles. The van der Waals surface area contributed by atoms with Gasteiger partial charge in [-0.15, -0.1) is 0 Å². The van der Waals surface area contributed by atoms with Gasteiger partial charge in [-0.3, -0.25) is 19.6 Å². The molecular weight excluding hydrogens is 554 g/mol. The second-order valence-corrected chi connectivity index (χ2v) is 11.0. The molecule has 1 aromatic carbocycles. The SMILES string of the molecule is CCCCN(CCCC)c1ccc(C2=C(O)/C(=C3/C(=O)C(Cc4ccccn4)=C(O)C(Cc4ccccn4)=C3O)C2=O)cc1. The van der Waals surface area contributed by atoms with Gasteiger partial charge >= 0.3 is 0 Å². The molecule has 0 aliphatic heterocycles. The number of benzene rings is 1. The molecule has 0 unspecified atom stereocenters. The zero-order valence-electron chi connectivity index (χ0n) is 25.1. The number of aliphatic hydroxyl groups excluding tert-OH is 3. The van der Waals surface area contributed by atoms with Gasteiger partial charge in [0, 0.05) is 66.5 Å². The number of carbonyl (C=O) groups is 2. The number of pyridine rings is 2. The van der Waals surface area contributed by atoms with Crippen molar-refractivity contribution in [2.24, 2.45) is 0 Å². The average Bonchev–Trinajstić information content (AvgIpc) is 3.05. The van der Waals surface area contributed by atoms with Gasteiger partial charge in [-0.1, -0.05) is 51.0 Å². The highest BCUT2D eigenvalue weighted by atomic mass is 16.3. The minimum Gasteiger partial charge on any atom is -0.507 e. The van der Waals surface area contributed by atoms with E-state index in [-0.39, 0.29) is 52.2 Å². The summed E-state index contributed by atoms with van der Waals surface area (Å²) in [5.74, 6) is -2.57. The van der Waals surface area contributed by atoms with Crippen molar-refractivity contribution in [3.63, 3.8) is 0 Å². The van der Waals surface area contributed by atoms with Crippen LogP contribution in [0.15, 0.2) is 113 Å². The van der Waals surface area contributed by atoms with Gasteiger partial charge in [0.1, 0.15) is 17.3 Å². The van der Waals surface area contributed by atoms with E-state index < -0.39 is 17.3 Å². The summed E-state index contributed by atoms with van der Waals surface area (Å²) in [7, 11) is 0. The van der Waals surface area contributed by atoms with E-state index in [9.17, 15) is 24.9 Å². The van der Waals surface area contributed by atoms with Crippen molar-refractivity contribution in [2.45, 2.75) is 52.4 Å². The molecule has 0 atom stereocenters. The number of aromatic nitrogens is 2. The van der Waals surface area contributed by atoms with E-state index in [0.29, 0.717) is 17.0 Å². The first-order chi connectivity index (χ1) is 21.3. The van der Waals surface area contributed by atoms with Crippen molar-refractivity contribution in [3.05, 3.63) is 130 Å². The van der Waals surface area contributed by atoms with E-state index in [1.807, 2.05) is 12.1 Å². The summed E-state index contributed by atoms with van der Waals surface area (Å²) in [5.41, 5.74) is 2.17. The normalized spacial score (nSPS) is 17.0. The first-order valence-corrected chi connectivity index (χ1v) is 15.1. The standard InChI is InChI=1S/C36H37N3O5/c1-3-5-19-39(20-6-4-2)26-15-13-23(14-16-26)29-35(43)31(36(29)44)30-33(41)27(21-24-11-7-9-17-37-24)32(40)28(34(30)42)22-25-12-8-10-18-38-25/h7-18,40-41,43H,3-6,19-22H2,1-2H3/b31-30-. The van der Waals surface area contributed by atoms with Gasteiger partial charge in [0.05, 0.1) is 16.7 Å². The molecule has 0 radical (unpaired) electrons. The van der Waals surface area contributed by atoms with Crippen molar-refractivity contribution in [1.82, 2.24) is 9.97 Å². The van der Waals surface area contributed by atoms with Crippen LogP contribution in [0.5, 0.6) is 0 Å². The molecule has 44 heavy (non-hydrogen) atoms. The predicted octanol–water partition coefficient (Wildman–Crippen LogP) is 6.72. The number of ketones is 2. The van der Waals surface area contributed by atoms with Crippen LogP contribution in [0.4, 0.5) is 5.69 Å². The second kappa shape index (κ2) is 13.5. The Morgan fingerprint density at radius 3 is 1.66 bits per heavy atom. The average molecular weight is 592 g/mol. The molecule has 8 heteroatoms. The third-order valence-electron chi connectivity index (χ3n) is 8.03. The van der Waals surface area contributed by atoms with Gasteiger partial charge in [-0.25, -0.2) is 0 Å². The maximum Gasteiger partial charge on any atom is 0.202 e. The van der Waals surface area contributed by atoms with Gasteiger partial charge in [-0.2, -0.15) is 0 Å². The first-order valence-electron chi connectivity index (χ1n) is 15.1. The summed E-state index contributed by atoms with van der Waals surface area (Å²) >= 11 is 0. The fraction of sp³-hybridized carbons (Fsp3) is 0.278. The van der Waals surface area contributed by atoms with Crippen molar-refractivity contribution in [3.8, 4) is 0 Å². The number of anilines is 1. The van der Waals surface area contributed by atoms with E-state index in [1.54, 1.807) is 60.9 Å². The van der Waals surface area contributed by atoms with Gasteiger partial charge < -0.3 is 20.2 Å². The van der Waals surface area contributed by atoms with Crippen LogP contribution in [0.2, 0.25) is 0 Å². The van der Waals surface area contributed by atoms with E-state index in [1.165, 1.54) is 0 Å². The molecule has 0 amide bonds. The number of unbranched alkanes of at least 4 members (excludes halogenated alkanes) is 2. The van der Waals surface area contributed by atoms with Crippen LogP contribution < -0.4 is 4.90 Å². The Kier molecular flexibility index (Phi) is 9.38. The summed E-state index contributed by atoms with van der Waals surface area (Å²) in [6.07, 6.45) is 7.48. The van der Waals surface area contributed by atoms with Crippen molar-refractivity contribution in [2.75, 3.05) is 18.0 Å². The van der Waals surface area contributed by atoms with E-state index in [0.717, 1.165) is 44.5 Å². The highest BCUT2D eigenvalue weighted by Gasteiger charge is 2.43. The second-order valence-electron chi connectivity index (χ2n) is 11.0. The highest BCUT2D eigenvalue weighted by Crippen LogP contribution is 2.43. The van der Waals surface area contributed by atoms with Gasteiger partial charge in [0.2, 0.25) is 5.78 Å². The third kappa shape index (κ3) is 6.06. The zero-order chi connectivity index (χ0) is 31.2. The Balaban J connectivity index is 1.54. The molecule has 8 nitrogen and oxygen atoms in total. The van der Waals surface area contributed by atoms with Crippen LogP contribution in [0.25, 0.3) is 5.57 Å². The lowest BCUT2D eigenvalue weighted by atomic mass is 9.75. The lowest BCUT2D eigenvalue weighted by Crippen LogP contribution is -2.30. The predicted molar refractivity (Wildman–Crippen MR) is 170 cm³/mol. The molecule has 0 spiro atoms. The number of rotatable bonds is 12. The monoisotopic (exact) mass is 591 g/mol. The minimum absolute atomic E-state index is 0.00777. The summed E-state index contributed by atoms with van der Waals surface area (Å²) in [6, 6.07) is 18.0. The lowest BCUT2D eigenvalue weighted by molar-refractivity contribution is -0.115. The van der Waals surface area contributed by atoms with E-state index >= 15 is 0 Å². The number of aliphatic hydroxyl groups is 3. The van der Waals surface area contributed by atoms with Crippen LogP contribution in [0, 0.1) is 0 Å². The Bertz CT molecular complexity index is 1660. The number of allylic oxidation sites excluding steroid dienone is 5. The van der Waals surface area contributed by atoms with Crippen molar-refractivity contribution in [1.29, 1.82) is 0 Å². The molecule has 226 valence electrons. The largest absolute Gasteiger partial charge is 0.507 e. The number of nitrogens with zero attached hydrogens (tertiary/aromatic N) is 3. The van der Waals surface area contributed by atoms with E-state index in [4.69, 9.17) is 0 Å². The molecule has 2 aromatic heterocycles. The maximum atomic E-state index is 13.8. The first kappa shape index (κ1) is 30.5. The summed E-state index contributed by atoms with van der Waals surface area (Å²) in [5, 5.41) is 33.8. The number of hydrogen-bond acceptors (Lipinski definition) is 8. The molecule has 2 aliphatic rings. The summed E-state index contributed by atoms with van der Waals surface area (Å²) in [4.78, 5) is 38.3. The summed E-state index contributed by atoms with van der Waals surface area (Å²) < 4.78 is 0. The molecule has 3 N–H and O–H groups in total. The molecule has 3 aromatic rings. The Morgan fingerprint density at radius 1 is 0.614 bits per heavy atom. The molecule has 2 aliphatic carbocycles. The molecule has 0 saturated heterocycles. The van der Waals surface area contributed by atoms with Crippen molar-refractivity contribution >= 4 is 22.8 Å². The lowest BCUT2D eigenvalue weighted by Gasteiger charge is -2.28. The third-order valence-corrected chi connectivity index (χ3v) is 8.03. The van der Waals surface area contributed by atoms with E-state index in [2.05, 4.69) is 28.7 Å². The smallest absolute Gasteiger partial charge is 0.202 e. The Morgan fingerprint density at radius 2 is 1.16 bits per heavy atom. The highest BCUT2D eigenvalue weighted by molar-refractivity contribution is 6.41. The Labute approximate surface area is 257 Å². The number of hydrogen-bond donors (Lipinski definition) is 3. The van der Waals surface area contributed by atoms with Crippen LogP contribution in [-0.4, -0.2) is 49.9 Å². The van der Waals surface area contributed by atoms with Gasteiger partial charge in [0.25, 0.3) is 0 Å². The van der Waals surface area contributed by atoms with Crippen molar-refractivity contribution < 1.29 is 24.9 Å². The molecule has 5 rings (SSSR count). The van der Waals surface area contributed by atoms with Crippen LogP contribution in [0.3, 0.4) is 0 Å². The Hall–Kier alpha value is -4.98. The maximum absolute atomic E-state index is 13.8. The fourth-order valence-electron chi connectivity index (χ4n) is 5.55. The zero-order valence-corrected chi connectivity index (χ0v) is 25.1. The molecular formula is C36H37N3O5. The number of Topliss-reactive ketones (excluding diaryl/α,β-unsaturated/α-hetero) is 2. The van der Waals surface area contributed by atoms with Crippen LogP contribution in [-0.2, 0) is 22.4 Å². The topological polar surface area (TPSA) is 124 Å². The van der Waals surface area contributed by atoms with Crippen LogP contribution in [0.1, 0.15) is 56.5 Å². The number of carbonyl (C=O) groups excluding carboxylic acids is 2. The molecule has 0 fully saturated rings. The quantitative estimate of drug-likeness (QED) is 0.198.